The monoisotopic (exact) mass is 290 g/mol. The van der Waals surface area contributed by atoms with Gasteiger partial charge in [-0.1, -0.05) is 47.7 Å². The van der Waals surface area contributed by atoms with E-state index in [-0.39, 0.29) is 5.97 Å². The van der Waals surface area contributed by atoms with E-state index < -0.39 is 0 Å². The van der Waals surface area contributed by atoms with Gasteiger partial charge in [0.1, 0.15) is 0 Å². The molecule has 0 saturated heterocycles. The maximum atomic E-state index is 11.4. The Hall–Kier alpha value is -2.79. The third-order valence-corrected chi connectivity index (χ3v) is 3.04. The van der Waals surface area contributed by atoms with Crippen molar-refractivity contribution in [2.45, 2.75) is 13.8 Å². The van der Waals surface area contributed by atoms with Crippen LogP contribution < -0.4 is 0 Å². The first-order valence-corrected chi connectivity index (χ1v) is 7.21. The van der Waals surface area contributed by atoms with Gasteiger partial charge in [-0.05, 0) is 43.7 Å². The number of hydrogen-bond acceptors (Lipinski definition) is 2. The van der Waals surface area contributed by atoms with E-state index in [0.29, 0.717) is 6.61 Å². The number of carbonyl (C=O) groups is 1. The number of rotatable bonds is 3. The van der Waals surface area contributed by atoms with Crippen LogP contribution in [-0.2, 0) is 9.53 Å². The summed E-state index contributed by atoms with van der Waals surface area (Å²) in [6.07, 6.45) is 3.16. The Morgan fingerprint density at radius 1 is 1.09 bits per heavy atom. The molecule has 0 aliphatic rings. The van der Waals surface area contributed by atoms with Gasteiger partial charge in [-0.25, -0.2) is 4.79 Å². The molecule has 2 aromatic rings. The van der Waals surface area contributed by atoms with Crippen LogP contribution in [0.5, 0.6) is 0 Å². The molecule has 0 aliphatic heterocycles. The van der Waals surface area contributed by atoms with E-state index in [1.165, 1.54) is 11.6 Å². The molecule has 0 bridgehead atoms. The van der Waals surface area contributed by atoms with Crippen molar-refractivity contribution >= 4 is 12.0 Å². The van der Waals surface area contributed by atoms with Crippen molar-refractivity contribution in [2.75, 3.05) is 6.61 Å². The summed E-state index contributed by atoms with van der Waals surface area (Å²) in [5.41, 5.74) is 3.96. The van der Waals surface area contributed by atoms with Gasteiger partial charge in [0.15, 0.2) is 0 Å². The summed E-state index contributed by atoms with van der Waals surface area (Å²) in [6, 6.07) is 15.8. The minimum atomic E-state index is -0.344. The van der Waals surface area contributed by atoms with Crippen molar-refractivity contribution in [3.05, 3.63) is 76.9 Å². The van der Waals surface area contributed by atoms with Crippen LogP contribution in [-0.4, -0.2) is 12.6 Å². The predicted molar refractivity (Wildman–Crippen MR) is 89.3 cm³/mol. The van der Waals surface area contributed by atoms with Crippen molar-refractivity contribution in [3.63, 3.8) is 0 Å². The fourth-order valence-electron chi connectivity index (χ4n) is 1.88. The zero-order chi connectivity index (χ0) is 15.8. The van der Waals surface area contributed by atoms with E-state index in [4.69, 9.17) is 4.74 Å². The van der Waals surface area contributed by atoms with Crippen LogP contribution >= 0.6 is 0 Å². The van der Waals surface area contributed by atoms with Crippen LogP contribution in [0.2, 0.25) is 0 Å². The molecule has 22 heavy (non-hydrogen) atoms. The average Bonchev–Trinajstić information content (AvgIpc) is 2.53. The van der Waals surface area contributed by atoms with E-state index >= 15 is 0 Å². The van der Waals surface area contributed by atoms with Crippen LogP contribution in [0.3, 0.4) is 0 Å². The maximum Gasteiger partial charge on any atom is 0.330 e. The fraction of sp³-hybridized carbons (Fsp3) is 0.150. The molecular formula is C20H18O2. The summed E-state index contributed by atoms with van der Waals surface area (Å²) in [5, 5.41) is 0. The van der Waals surface area contributed by atoms with E-state index in [0.717, 1.165) is 16.7 Å². The van der Waals surface area contributed by atoms with Gasteiger partial charge >= 0.3 is 5.97 Å². The summed E-state index contributed by atoms with van der Waals surface area (Å²) in [6.45, 7) is 4.21. The molecule has 0 amide bonds. The molecule has 2 nitrogen and oxygen atoms in total. The van der Waals surface area contributed by atoms with Crippen LogP contribution in [0.25, 0.3) is 6.08 Å². The van der Waals surface area contributed by atoms with Crippen molar-refractivity contribution in [1.82, 2.24) is 0 Å². The van der Waals surface area contributed by atoms with Gasteiger partial charge in [0, 0.05) is 17.2 Å². The molecule has 0 heterocycles. The molecule has 0 N–H and O–H groups in total. The van der Waals surface area contributed by atoms with Gasteiger partial charge in [0.25, 0.3) is 0 Å². The smallest absolute Gasteiger partial charge is 0.330 e. The van der Waals surface area contributed by atoms with Gasteiger partial charge in [0.2, 0.25) is 0 Å². The Morgan fingerprint density at radius 3 is 2.55 bits per heavy atom. The Morgan fingerprint density at radius 2 is 1.82 bits per heavy atom. The Kier molecular flexibility index (Phi) is 5.57. The third-order valence-electron chi connectivity index (χ3n) is 3.04. The lowest BCUT2D eigenvalue weighted by Crippen LogP contribution is -1.98. The minimum absolute atomic E-state index is 0.344. The second kappa shape index (κ2) is 7.85. The largest absolute Gasteiger partial charge is 0.463 e. The number of carbonyl (C=O) groups excluding carboxylic acids is 1. The molecule has 2 heteroatoms. The topological polar surface area (TPSA) is 26.3 Å². The lowest BCUT2D eigenvalue weighted by Gasteiger charge is -1.99. The molecule has 110 valence electrons. The first-order valence-electron chi connectivity index (χ1n) is 7.21. The second-order valence-electron chi connectivity index (χ2n) is 4.79. The zero-order valence-corrected chi connectivity index (χ0v) is 12.8. The Balaban J connectivity index is 2.22. The molecular weight excluding hydrogens is 272 g/mol. The number of hydrogen-bond donors (Lipinski definition) is 0. The first kappa shape index (κ1) is 15.6. The number of esters is 1. The molecule has 0 unspecified atom stereocenters. The van der Waals surface area contributed by atoms with Crippen LogP contribution in [0.4, 0.5) is 0 Å². The lowest BCUT2D eigenvalue weighted by atomic mass is 10.1. The highest BCUT2D eigenvalue weighted by molar-refractivity contribution is 5.87. The van der Waals surface area contributed by atoms with Gasteiger partial charge < -0.3 is 4.74 Å². The number of benzene rings is 2. The maximum absolute atomic E-state index is 11.4. The van der Waals surface area contributed by atoms with Crippen molar-refractivity contribution in [1.29, 1.82) is 0 Å². The van der Waals surface area contributed by atoms with E-state index in [1.807, 2.05) is 55.5 Å². The molecule has 0 fully saturated rings. The summed E-state index contributed by atoms with van der Waals surface area (Å²) in [7, 11) is 0. The summed E-state index contributed by atoms with van der Waals surface area (Å²) < 4.78 is 4.88. The van der Waals surface area contributed by atoms with Gasteiger partial charge in [0.05, 0.1) is 6.61 Å². The second-order valence-corrected chi connectivity index (χ2v) is 4.79. The van der Waals surface area contributed by atoms with Gasteiger partial charge in [-0.15, -0.1) is 0 Å². The standard InChI is InChI=1S/C20H18O2/c1-3-22-20(21)15-14-19-7-5-4-6-18(19)13-12-17-10-8-16(2)9-11-17/h4-11,14-15H,3H2,1-2H3/b15-14+. The molecule has 2 rings (SSSR count). The molecule has 2 aromatic carbocycles. The normalized spacial score (nSPS) is 10.1. The zero-order valence-electron chi connectivity index (χ0n) is 12.8. The van der Waals surface area contributed by atoms with Crippen molar-refractivity contribution in [2.24, 2.45) is 0 Å². The minimum Gasteiger partial charge on any atom is -0.463 e. The number of ether oxygens (including phenoxy) is 1. The molecule has 0 saturated carbocycles. The van der Waals surface area contributed by atoms with E-state index in [9.17, 15) is 4.79 Å². The average molecular weight is 290 g/mol. The van der Waals surface area contributed by atoms with Crippen molar-refractivity contribution < 1.29 is 9.53 Å². The highest BCUT2D eigenvalue weighted by Gasteiger charge is 1.98. The van der Waals surface area contributed by atoms with E-state index in [2.05, 4.69) is 11.8 Å². The molecule has 0 atom stereocenters. The molecule has 0 radical (unpaired) electrons. The van der Waals surface area contributed by atoms with Crippen LogP contribution in [0, 0.1) is 18.8 Å². The van der Waals surface area contributed by atoms with Gasteiger partial charge in [-0.3, -0.25) is 0 Å². The highest BCUT2D eigenvalue weighted by Crippen LogP contribution is 2.10. The third kappa shape index (κ3) is 4.64. The van der Waals surface area contributed by atoms with Crippen LogP contribution in [0.1, 0.15) is 29.2 Å². The Bertz CT molecular complexity index is 728. The lowest BCUT2D eigenvalue weighted by molar-refractivity contribution is -0.137. The molecule has 0 aromatic heterocycles. The summed E-state index contributed by atoms with van der Waals surface area (Å²) >= 11 is 0. The summed E-state index contributed by atoms with van der Waals surface area (Å²) in [4.78, 5) is 11.4. The highest BCUT2D eigenvalue weighted by atomic mass is 16.5. The predicted octanol–water partition coefficient (Wildman–Crippen LogP) is 3.97. The first-order chi connectivity index (χ1) is 10.7. The van der Waals surface area contributed by atoms with Gasteiger partial charge in [-0.2, -0.15) is 0 Å². The van der Waals surface area contributed by atoms with E-state index in [1.54, 1.807) is 13.0 Å². The van der Waals surface area contributed by atoms with Crippen molar-refractivity contribution in [3.8, 4) is 11.8 Å². The Labute approximate surface area is 131 Å². The fourth-order valence-corrected chi connectivity index (χ4v) is 1.88. The van der Waals surface area contributed by atoms with Crippen LogP contribution in [0.15, 0.2) is 54.6 Å². The quantitative estimate of drug-likeness (QED) is 0.486. The number of aryl methyl sites for hydroxylation is 1. The summed E-state index contributed by atoms with van der Waals surface area (Å²) in [5.74, 6) is 5.95. The SMILES string of the molecule is CCOC(=O)/C=C/c1ccccc1C#Cc1ccc(C)cc1. The molecule has 0 spiro atoms. The molecule has 0 aliphatic carbocycles.